The van der Waals surface area contributed by atoms with Gasteiger partial charge in [0.15, 0.2) is 0 Å². The molecule has 18 heavy (non-hydrogen) atoms. The molecule has 0 aliphatic carbocycles. The molecule has 1 aromatic carbocycles. The second-order valence-electron chi connectivity index (χ2n) is 6.02. The van der Waals surface area contributed by atoms with E-state index < -0.39 is 0 Å². The zero-order valence-corrected chi connectivity index (χ0v) is 12.5. The highest BCUT2D eigenvalue weighted by molar-refractivity contribution is 5.23. The summed E-state index contributed by atoms with van der Waals surface area (Å²) in [4.78, 5) is 0. The molecule has 1 rings (SSSR count). The third-order valence-electron chi connectivity index (χ3n) is 3.64. The van der Waals surface area contributed by atoms with Crippen molar-refractivity contribution >= 4 is 0 Å². The summed E-state index contributed by atoms with van der Waals surface area (Å²) in [5.41, 5.74) is 1.69. The van der Waals surface area contributed by atoms with Crippen LogP contribution in [0.5, 0.6) is 0 Å². The molecule has 1 unspecified atom stereocenters. The van der Waals surface area contributed by atoms with Gasteiger partial charge in [-0.1, -0.05) is 63.9 Å². The minimum atomic E-state index is 0.248. The fourth-order valence-corrected chi connectivity index (χ4v) is 2.57. The fourth-order valence-electron chi connectivity index (χ4n) is 2.57. The van der Waals surface area contributed by atoms with Crippen molar-refractivity contribution in [1.29, 1.82) is 0 Å². The van der Waals surface area contributed by atoms with E-state index >= 15 is 0 Å². The molecule has 0 amide bonds. The number of hydrogen-bond acceptors (Lipinski definition) is 1. The van der Waals surface area contributed by atoms with Gasteiger partial charge in [0, 0.05) is 6.04 Å². The second-order valence-corrected chi connectivity index (χ2v) is 6.02. The fraction of sp³-hybridized carbons (Fsp3) is 0.647. The largest absolute Gasteiger partial charge is 0.314 e. The van der Waals surface area contributed by atoms with Gasteiger partial charge in [-0.05, 0) is 37.3 Å². The summed E-state index contributed by atoms with van der Waals surface area (Å²) in [5.74, 6) is 0. The van der Waals surface area contributed by atoms with Crippen LogP contribution in [0, 0.1) is 0 Å². The minimum absolute atomic E-state index is 0.248. The first kappa shape index (κ1) is 15.2. The highest BCUT2D eigenvalue weighted by Gasteiger charge is 2.22. The van der Waals surface area contributed by atoms with Gasteiger partial charge >= 0.3 is 0 Å². The topological polar surface area (TPSA) is 12.0 Å². The summed E-state index contributed by atoms with van der Waals surface area (Å²) < 4.78 is 0. The van der Waals surface area contributed by atoms with Crippen molar-refractivity contribution < 1.29 is 0 Å². The Labute approximate surface area is 113 Å². The molecular formula is C17H29N. The highest BCUT2D eigenvalue weighted by Crippen LogP contribution is 2.28. The smallest absolute Gasteiger partial charge is 0.00470 e. The Morgan fingerprint density at radius 3 is 2.39 bits per heavy atom. The van der Waals surface area contributed by atoms with E-state index in [0.29, 0.717) is 6.04 Å². The van der Waals surface area contributed by atoms with Gasteiger partial charge < -0.3 is 5.32 Å². The Bertz CT molecular complexity index is 316. The number of benzene rings is 1. The van der Waals surface area contributed by atoms with E-state index in [0.717, 1.165) is 6.54 Å². The van der Waals surface area contributed by atoms with Crippen LogP contribution in [0.25, 0.3) is 0 Å². The van der Waals surface area contributed by atoms with Crippen molar-refractivity contribution in [3.63, 3.8) is 0 Å². The van der Waals surface area contributed by atoms with E-state index in [1.165, 1.54) is 31.2 Å². The maximum Gasteiger partial charge on any atom is 0.00470 e. The summed E-state index contributed by atoms with van der Waals surface area (Å²) in [6, 6.07) is 11.4. The molecule has 0 aliphatic rings. The first-order valence-corrected chi connectivity index (χ1v) is 7.35. The highest BCUT2D eigenvalue weighted by atomic mass is 14.9. The van der Waals surface area contributed by atoms with Crippen molar-refractivity contribution in [3.8, 4) is 0 Å². The lowest BCUT2D eigenvalue weighted by atomic mass is 9.79. The molecule has 0 fully saturated rings. The molecule has 0 spiro atoms. The summed E-state index contributed by atoms with van der Waals surface area (Å²) >= 11 is 0. The average molecular weight is 247 g/mol. The Kier molecular flexibility index (Phi) is 6.42. The Hall–Kier alpha value is -0.820. The quantitative estimate of drug-likeness (QED) is 0.666. The molecule has 0 saturated carbocycles. The lowest BCUT2D eigenvalue weighted by Gasteiger charge is -2.29. The first-order valence-electron chi connectivity index (χ1n) is 7.35. The van der Waals surface area contributed by atoms with E-state index in [-0.39, 0.29) is 5.41 Å². The first-order chi connectivity index (χ1) is 8.56. The molecule has 1 atom stereocenters. The normalized spacial score (nSPS) is 13.6. The van der Waals surface area contributed by atoms with Crippen molar-refractivity contribution in [2.75, 3.05) is 6.54 Å². The van der Waals surface area contributed by atoms with Crippen LogP contribution in [-0.4, -0.2) is 12.6 Å². The predicted octanol–water partition coefficient (Wildman–Crippen LogP) is 4.52. The van der Waals surface area contributed by atoms with Crippen LogP contribution in [0.2, 0.25) is 0 Å². The Balaban J connectivity index is 2.40. The molecule has 0 saturated heterocycles. The van der Waals surface area contributed by atoms with Gasteiger partial charge in [0.05, 0.1) is 0 Å². The summed E-state index contributed by atoms with van der Waals surface area (Å²) in [6.07, 6.45) is 5.11. The molecule has 102 valence electrons. The van der Waals surface area contributed by atoms with Crippen LogP contribution in [0.1, 0.15) is 58.9 Å². The van der Waals surface area contributed by atoms with Crippen molar-refractivity contribution in [2.45, 2.75) is 64.8 Å². The van der Waals surface area contributed by atoms with E-state index in [9.17, 15) is 0 Å². The molecule has 0 heterocycles. The molecule has 1 aromatic rings. The number of hydrogen-bond donors (Lipinski definition) is 1. The van der Waals surface area contributed by atoms with Crippen LogP contribution in [0.4, 0.5) is 0 Å². The maximum absolute atomic E-state index is 3.64. The van der Waals surface area contributed by atoms with E-state index in [4.69, 9.17) is 0 Å². The molecule has 0 aliphatic heterocycles. The Morgan fingerprint density at radius 1 is 1.11 bits per heavy atom. The molecule has 0 radical (unpaired) electrons. The van der Waals surface area contributed by atoms with E-state index in [2.05, 4.69) is 63.3 Å². The molecule has 1 N–H and O–H groups in total. The zero-order valence-electron chi connectivity index (χ0n) is 12.5. The standard InChI is InChI=1S/C17H29N/c1-5-6-10-13-18-15(2)14-17(3,4)16-11-8-7-9-12-16/h7-9,11-12,15,18H,5-6,10,13-14H2,1-4H3. The van der Waals surface area contributed by atoms with Gasteiger partial charge in [0.2, 0.25) is 0 Å². The van der Waals surface area contributed by atoms with Crippen LogP contribution in [-0.2, 0) is 5.41 Å². The number of rotatable bonds is 8. The second kappa shape index (κ2) is 7.58. The minimum Gasteiger partial charge on any atom is -0.314 e. The van der Waals surface area contributed by atoms with Crippen LogP contribution < -0.4 is 5.32 Å². The van der Waals surface area contributed by atoms with Crippen molar-refractivity contribution in [2.24, 2.45) is 0 Å². The molecule has 1 nitrogen and oxygen atoms in total. The third-order valence-corrected chi connectivity index (χ3v) is 3.64. The van der Waals surface area contributed by atoms with Gasteiger partial charge in [-0.3, -0.25) is 0 Å². The third kappa shape index (κ3) is 5.22. The predicted molar refractivity (Wildman–Crippen MR) is 81.1 cm³/mol. The summed E-state index contributed by atoms with van der Waals surface area (Å²) in [5, 5.41) is 3.64. The molecule has 0 aromatic heterocycles. The lowest BCUT2D eigenvalue weighted by molar-refractivity contribution is 0.386. The average Bonchev–Trinajstić information content (AvgIpc) is 2.35. The maximum atomic E-state index is 3.64. The molecule has 1 heteroatoms. The van der Waals surface area contributed by atoms with Gasteiger partial charge in [0.25, 0.3) is 0 Å². The number of nitrogens with one attached hydrogen (secondary N) is 1. The summed E-state index contributed by atoms with van der Waals surface area (Å²) in [7, 11) is 0. The molecular weight excluding hydrogens is 218 g/mol. The van der Waals surface area contributed by atoms with E-state index in [1.807, 2.05) is 0 Å². The monoisotopic (exact) mass is 247 g/mol. The van der Waals surface area contributed by atoms with Crippen LogP contribution >= 0.6 is 0 Å². The van der Waals surface area contributed by atoms with Crippen LogP contribution in [0.15, 0.2) is 30.3 Å². The van der Waals surface area contributed by atoms with Gasteiger partial charge in [-0.25, -0.2) is 0 Å². The van der Waals surface area contributed by atoms with Crippen molar-refractivity contribution in [3.05, 3.63) is 35.9 Å². The van der Waals surface area contributed by atoms with Gasteiger partial charge in [-0.15, -0.1) is 0 Å². The lowest BCUT2D eigenvalue weighted by Crippen LogP contribution is -2.33. The van der Waals surface area contributed by atoms with Crippen LogP contribution in [0.3, 0.4) is 0 Å². The van der Waals surface area contributed by atoms with Gasteiger partial charge in [0.1, 0.15) is 0 Å². The van der Waals surface area contributed by atoms with Crippen molar-refractivity contribution in [1.82, 2.24) is 5.32 Å². The Morgan fingerprint density at radius 2 is 1.78 bits per heavy atom. The number of unbranched alkanes of at least 4 members (excludes halogenated alkanes) is 2. The zero-order chi connectivity index (χ0) is 13.4. The molecule has 0 bridgehead atoms. The van der Waals surface area contributed by atoms with E-state index in [1.54, 1.807) is 0 Å². The summed E-state index contributed by atoms with van der Waals surface area (Å²) in [6.45, 7) is 10.4. The van der Waals surface area contributed by atoms with Gasteiger partial charge in [-0.2, -0.15) is 0 Å². The SMILES string of the molecule is CCCCCNC(C)CC(C)(C)c1ccccc1.